The normalized spacial score (nSPS) is 11.9. The van der Waals surface area contributed by atoms with Gasteiger partial charge in [-0.15, -0.1) is 0 Å². The highest BCUT2D eigenvalue weighted by Gasteiger charge is 2.24. The zero-order valence-corrected chi connectivity index (χ0v) is 10.5. The van der Waals surface area contributed by atoms with Gasteiger partial charge in [-0.1, -0.05) is 6.58 Å². The molecule has 0 spiro atoms. The van der Waals surface area contributed by atoms with Crippen LogP contribution in [0.4, 0.5) is 0 Å². The van der Waals surface area contributed by atoms with Crippen molar-refractivity contribution in [3.63, 3.8) is 0 Å². The smallest absolute Gasteiger partial charge is 0.330 e. The zero-order chi connectivity index (χ0) is 14.3. The van der Waals surface area contributed by atoms with Crippen molar-refractivity contribution in [2.24, 2.45) is 5.92 Å². The van der Waals surface area contributed by atoms with E-state index in [9.17, 15) is 14.4 Å². The standard InChI is InChI=1S/C12H18O6/c1-7(2)18-12(17)9(4-5-10(13)14)6-8(3)11(15)16/h7,9H,3-6H2,1-2H3,(H,13,14)(H,15,16). The van der Waals surface area contributed by atoms with Crippen LogP contribution in [-0.4, -0.2) is 34.2 Å². The van der Waals surface area contributed by atoms with Crippen molar-refractivity contribution in [2.45, 2.75) is 39.2 Å². The molecule has 1 atom stereocenters. The van der Waals surface area contributed by atoms with E-state index in [0.717, 1.165) is 0 Å². The van der Waals surface area contributed by atoms with Gasteiger partial charge in [-0.05, 0) is 26.7 Å². The van der Waals surface area contributed by atoms with Gasteiger partial charge < -0.3 is 14.9 Å². The lowest BCUT2D eigenvalue weighted by Crippen LogP contribution is -2.23. The van der Waals surface area contributed by atoms with Crippen LogP contribution >= 0.6 is 0 Å². The van der Waals surface area contributed by atoms with Crippen LogP contribution in [0.5, 0.6) is 0 Å². The zero-order valence-electron chi connectivity index (χ0n) is 10.5. The van der Waals surface area contributed by atoms with E-state index in [4.69, 9.17) is 14.9 Å². The lowest BCUT2D eigenvalue weighted by Gasteiger charge is -2.17. The lowest BCUT2D eigenvalue weighted by atomic mass is 9.95. The molecule has 0 heterocycles. The number of hydrogen-bond donors (Lipinski definition) is 2. The molecular weight excluding hydrogens is 240 g/mol. The first-order valence-electron chi connectivity index (χ1n) is 5.57. The third-order valence-electron chi connectivity index (χ3n) is 2.19. The van der Waals surface area contributed by atoms with Crippen LogP contribution in [0.15, 0.2) is 12.2 Å². The molecule has 1 unspecified atom stereocenters. The Bertz CT molecular complexity index is 344. The summed E-state index contributed by atoms with van der Waals surface area (Å²) in [7, 11) is 0. The first-order valence-corrected chi connectivity index (χ1v) is 5.57. The van der Waals surface area contributed by atoms with Crippen molar-refractivity contribution in [1.29, 1.82) is 0 Å². The monoisotopic (exact) mass is 258 g/mol. The Kier molecular flexibility index (Phi) is 6.70. The van der Waals surface area contributed by atoms with Crippen molar-refractivity contribution in [1.82, 2.24) is 0 Å². The molecule has 6 nitrogen and oxygen atoms in total. The van der Waals surface area contributed by atoms with Gasteiger partial charge >= 0.3 is 17.9 Å². The maximum Gasteiger partial charge on any atom is 0.330 e. The van der Waals surface area contributed by atoms with Gasteiger partial charge in [-0.25, -0.2) is 4.79 Å². The van der Waals surface area contributed by atoms with Gasteiger partial charge in [0.2, 0.25) is 0 Å². The summed E-state index contributed by atoms with van der Waals surface area (Å²) in [6.45, 7) is 6.66. The van der Waals surface area contributed by atoms with Gasteiger partial charge in [-0.3, -0.25) is 9.59 Å². The summed E-state index contributed by atoms with van der Waals surface area (Å²) in [5.41, 5.74) is -0.133. The van der Waals surface area contributed by atoms with E-state index in [2.05, 4.69) is 6.58 Å². The van der Waals surface area contributed by atoms with E-state index in [1.165, 1.54) is 0 Å². The van der Waals surface area contributed by atoms with E-state index in [1.807, 2.05) is 0 Å². The van der Waals surface area contributed by atoms with Crippen molar-refractivity contribution in [2.75, 3.05) is 0 Å². The molecule has 0 aliphatic rings. The first-order chi connectivity index (χ1) is 8.23. The molecule has 0 fully saturated rings. The number of hydrogen-bond acceptors (Lipinski definition) is 4. The molecule has 0 aromatic heterocycles. The van der Waals surface area contributed by atoms with Gasteiger partial charge in [0.1, 0.15) is 0 Å². The second-order valence-corrected chi connectivity index (χ2v) is 4.23. The topological polar surface area (TPSA) is 101 Å². The van der Waals surface area contributed by atoms with E-state index in [-0.39, 0.29) is 30.9 Å². The number of carboxylic acids is 2. The first kappa shape index (κ1) is 16.1. The van der Waals surface area contributed by atoms with Crippen LogP contribution in [0.25, 0.3) is 0 Å². The minimum Gasteiger partial charge on any atom is -0.481 e. The van der Waals surface area contributed by atoms with Crippen LogP contribution in [0.3, 0.4) is 0 Å². The number of esters is 1. The number of aliphatic carboxylic acids is 2. The fraction of sp³-hybridized carbons (Fsp3) is 0.583. The van der Waals surface area contributed by atoms with Crippen LogP contribution in [0.2, 0.25) is 0 Å². The molecule has 0 bridgehead atoms. The molecule has 0 aromatic rings. The summed E-state index contributed by atoms with van der Waals surface area (Å²) in [6.07, 6.45) is -0.616. The Morgan fingerprint density at radius 2 is 1.78 bits per heavy atom. The van der Waals surface area contributed by atoms with Crippen molar-refractivity contribution < 1.29 is 29.3 Å². The van der Waals surface area contributed by atoms with E-state index in [0.29, 0.717) is 0 Å². The quantitative estimate of drug-likeness (QED) is 0.504. The maximum atomic E-state index is 11.7. The molecule has 0 amide bonds. The van der Waals surface area contributed by atoms with Gasteiger partial charge in [0, 0.05) is 12.0 Å². The fourth-order valence-corrected chi connectivity index (χ4v) is 1.31. The highest BCUT2D eigenvalue weighted by Crippen LogP contribution is 2.19. The summed E-state index contributed by atoms with van der Waals surface area (Å²) in [5.74, 6) is -3.62. The van der Waals surface area contributed by atoms with E-state index in [1.54, 1.807) is 13.8 Å². The molecule has 0 saturated heterocycles. The minimum absolute atomic E-state index is 0.0349. The number of carbonyl (C=O) groups excluding carboxylic acids is 1. The Morgan fingerprint density at radius 1 is 1.22 bits per heavy atom. The number of carboxylic acid groups (broad SMARTS) is 2. The molecular formula is C12H18O6. The molecule has 6 heteroatoms. The maximum absolute atomic E-state index is 11.7. The highest BCUT2D eigenvalue weighted by molar-refractivity contribution is 5.87. The van der Waals surface area contributed by atoms with E-state index >= 15 is 0 Å². The molecule has 0 aromatic carbocycles. The summed E-state index contributed by atoms with van der Waals surface area (Å²) < 4.78 is 4.96. The predicted molar refractivity (Wildman–Crippen MR) is 63.0 cm³/mol. The summed E-state index contributed by atoms with van der Waals surface area (Å²) >= 11 is 0. The molecule has 18 heavy (non-hydrogen) atoms. The van der Waals surface area contributed by atoms with Gasteiger partial charge in [0.15, 0.2) is 0 Å². The highest BCUT2D eigenvalue weighted by atomic mass is 16.5. The van der Waals surface area contributed by atoms with Crippen molar-refractivity contribution in [3.8, 4) is 0 Å². The van der Waals surface area contributed by atoms with Crippen molar-refractivity contribution in [3.05, 3.63) is 12.2 Å². The molecule has 0 rings (SSSR count). The van der Waals surface area contributed by atoms with Crippen LogP contribution in [-0.2, 0) is 19.1 Å². The summed E-state index contributed by atoms with van der Waals surface area (Å²) in [6, 6.07) is 0. The number of carbonyl (C=O) groups is 3. The molecule has 102 valence electrons. The fourth-order valence-electron chi connectivity index (χ4n) is 1.31. The lowest BCUT2D eigenvalue weighted by molar-refractivity contribution is -0.153. The average Bonchev–Trinajstić information content (AvgIpc) is 2.21. The Labute approximate surface area is 105 Å². The third-order valence-corrected chi connectivity index (χ3v) is 2.19. The molecule has 0 saturated carbocycles. The molecule has 2 N–H and O–H groups in total. The SMILES string of the molecule is C=C(CC(CCC(=O)O)C(=O)OC(C)C)C(=O)O. The van der Waals surface area contributed by atoms with Crippen LogP contribution in [0.1, 0.15) is 33.1 Å². The largest absolute Gasteiger partial charge is 0.481 e. The third kappa shape index (κ3) is 6.67. The summed E-state index contributed by atoms with van der Waals surface area (Å²) in [4.78, 5) is 32.8. The average molecular weight is 258 g/mol. The Balaban J connectivity index is 4.60. The second-order valence-electron chi connectivity index (χ2n) is 4.23. The molecule has 0 radical (unpaired) electrons. The minimum atomic E-state index is -1.20. The van der Waals surface area contributed by atoms with Crippen LogP contribution < -0.4 is 0 Å². The summed E-state index contributed by atoms with van der Waals surface area (Å²) in [5, 5.41) is 17.3. The van der Waals surface area contributed by atoms with E-state index < -0.39 is 23.8 Å². The Morgan fingerprint density at radius 3 is 2.17 bits per heavy atom. The number of ether oxygens (including phenoxy) is 1. The van der Waals surface area contributed by atoms with Crippen molar-refractivity contribution >= 4 is 17.9 Å². The predicted octanol–water partition coefficient (Wildman–Crippen LogP) is 1.45. The van der Waals surface area contributed by atoms with Gasteiger partial charge in [0.05, 0.1) is 12.0 Å². The molecule has 0 aliphatic carbocycles. The van der Waals surface area contributed by atoms with Crippen LogP contribution in [0, 0.1) is 5.92 Å². The number of rotatable bonds is 8. The van der Waals surface area contributed by atoms with Gasteiger partial charge in [0.25, 0.3) is 0 Å². The second kappa shape index (κ2) is 7.47. The van der Waals surface area contributed by atoms with Gasteiger partial charge in [-0.2, -0.15) is 0 Å². The Hall–Kier alpha value is -1.85. The molecule has 0 aliphatic heterocycles.